The van der Waals surface area contributed by atoms with Crippen LogP contribution in [0.5, 0.6) is 0 Å². The summed E-state index contributed by atoms with van der Waals surface area (Å²) < 4.78 is 10.0. The van der Waals surface area contributed by atoms with E-state index in [0.717, 1.165) is 6.08 Å². The van der Waals surface area contributed by atoms with Gasteiger partial charge in [-0.25, -0.2) is 4.79 Å². The molecule has 0 rings (SSSR count). The lowest BCUT2D eigenvalue weighted by Gasteiger charge is -2.26. The predicted octanol–water partition coefficient (Wildman–Crippen LogP) is -0.524. The van der Waals surface area contributed by atoms with Crippen LogP contribution >= 0.6 is 0 Å². The highest BCUT2D eigenvalue weighted by atomic mass is 16.5. The molecule has 0 heterocycles. The van der Waals surface area contributed by atoms with E-state index in [1.807, 2.05) is 0 Å². The number of rotatable bonds is 11. The second-order valence-electron chi connectivity index (χ2n) is 4.06. The van der Waals surface area contributed by atoms with Crippen molar-refractivity contribution in [2.75, 3.05) is 39.6 Å². The summed E-state index contributed by atoms with van der Waals surface area (Å²) in [7, 11) is 0. The van der Waals surface area contributed by atoms with Crippen molar-refractivity contribution in [1.82, 2.24) is 0 Å². The number of carbonyl (C=O) groups excluding carboxylic acids is 1. The van der Waals surface area contributed by atoms with Crippen LogP contribution in [0.3, 0.4) is 0 Å². The molecule has 0 bridgehead atoms. The molecule has 0 aromatic heterocycles. The summed E-state index contributed by atoms with van der Waals surface area (Å²) in [4.78, 5) is 10.7. The van der Waals surface area contributed by atoms with Crippen LogP contribution < -0.4 is 0 Å². The van der Waals surface area contributed by atoms with Gasteiger partial charge < -0.3 is 24.8 Å². The molecule has 0 unspecified atom stereocenters. The third-order valence-electron chi connectivity index (χ3n) is 2.63. The Kier molecular flexibility index (Phi) is 9.49. The summed E-state index contributed by atoms with van der Waals surface area (Å²) in [5.74, 6) is -0.463. The molecular formula is C12H22O6. The highest BCUT2D eigenvalue weighted by molar-refractivity contribution is 5.81. The zero-order chi connectivity index (χ0) is 13.9. The molecule has 0 aliphatic rings. The molecule has 0 aromatic rings. The molecule has 0 saturated carbocycles. The van der Waals surface area contributed by atoms with Gasteiger partial charge in [-0.1, -0.05) is 6.58 Å². The minimum Gasteiger partial charge on any atom is -0.462 e. The highest BCUT2D eigenvalue weighted by Gasteiger charge is 2.27. The van der Waals surface area contributed by atoms with Gasteiger partial charge in [-0.2, -0.15) is 0 Å². The topological polar surface area (TPSA) is 96.2 Å². The predicted molar refractivity (Wildman–Crippen MR) is 64.9 cm³/mol. The first kappa shape index (κ1) is 17.1. The Bertz CT molecular complexity index is 228. The number of aliphatic hydroxyl groups is 3. The van der Waals surface area contributed by atoms with Crippen molar-refractivity contribution in [3.8, 4) is 0 Å². The lowest BCUT2D eigenvalue weighted by Crippen LogP contribution is -2.35. The Morgan fingerprint density at radius 3 is 2.22 bits per heavy atom. The molecule has 0 amide bonds. The fourth-order valence-corrected chi connectivity index (χ4v) is 1.17. The van der Waals surface area contributed by atoms with Crippen molar-refractivity contribution in [3.63, 3.8) is 0 Å². The molecule has 0 aliphatic heterocycles. The molecule has 106 valence electrons. The first-order chi connectivity index (χ1) is 8.64. The Morgan fingerprint density at radius 1 is 1.11 bits per heavy atom. The van der Waals surface area contributed by atoms with E-state index in [9.17, 15) is 4.79 Å². The van der Waals surface area contributed by atoms with E-state index in [4.69, 9.17) is 24.8 Å². The maximum atomic E-state index is 10.7. The monoisotopic (exact) mass is 262 g/mol. The lowest BCUT2D eigenvalue weighted by molar-refractivity contribution is -0.138. The molecule has 0 aromatic carbocycles. The second kappa shape index (κ2) is 10.0. The maximum absolute atomic E-state index is 10.7. The van der Waals surface area contributed by atoms with Crippen LogP contribution in [0.2, 0.25) is 0 Å². The van der Waals surface area contributed by atoms with E-state index >= 15 is 0 Å². The normalized spacial score (nSPS) is 11.3. The Labute approximate surface area is 107 Å². The molecule has 0 spiro atoms. The van der Waals surface area contributed by atoms with Crippen LogP contribution in [0.15, 0.2) is 12.7 Å². The number of esters is 1. The van der Waals surface area contributed by atoms with Crippen LogP contribution in [0.1, 0.15) is 12.8 Å². The number of carbonyl (C=O) groups is 1. The Balaban J connectivity index is 3.55. The number of hydrogen-bond donors (Lipinski definition) is 3. The Hall–Kier alpha value is -0.950. The van der Waals surface area contributed by atoms with Crippen LogP contribution in [0, 0.1) is 5.41 Å². The lowest BCUT2D eigenvalue weighted by atomic mass is 9.88. The van der Waals surface area contributed by atoms with E-state index in [0.29, 0.717) is 26.1 Å². The van der Waals surface area contributed by atoms with E-state index < -0.39 is 11.4 Å². The summed E-state index contributed by atoms with van der Waals surface area (Å²) >= 11 is 0. The third-order valence-corrected chi connectivity index (χ3v) is 2.63. The fraction of sp³-hybridized carbons (Fsp3) is 0.750. The average molecular weight is 262 g/mol. The van der Waals surface area contributed by atoms with Crippen LogP contribution in [0.4, 0.5) is 0 Å². The van der Waals surface area contributed by atoms with Crippen LogP contribution in [-0.4, -0.2) is 60.9 Å². The summed E-state index contributed by atoms with van der Waals surface area (Å²) in [5.41, 5.74) is -0.894. The third kappa shape index (κ3) is 6.70. The van der Waals surface area contributed by atoms with Gasteiger partial charge in [0, 0.05) is 31.1 Å². The van der Waals surface area contributed by atoms with Gasteiger partial charge in [0.1, 0.15) is 0 Å². The molecule has 0 saturated heterocycles. The van der Waals surface area contributed by atoms with Crippen molar-refractivity contribution in [1.29, 1.82) is 0 Å². The van der Waals surface area contributed by atoms with Gasteiger partial charge in [0.25, 0.3) is 0 Å². The van der Waals surface area contributed by atoms with Crippen molar-refractivity contribution < 1.29 is 29.6 Å². The summed E-state index contributed by atoms with van der Waals surface area (Å²) in [6.07, 6.45) is 2.02. The van der Waals surface area contributed by atoms with Gasteiger partial charge >= 0.3 is 5.97 Å². The Morgan fingerprint density at radius 2 is 1.72 bits per heavy atom. The summed E-state index contributed by atoms with van der Waals surface area (Å²) in [5, 5.41) is 27.2. The molecule has 6 heteroatoms. The van der Waals surface area contributed by atoms with E-state index in [2.05, 4.69) is 6.58 Å². The molecular weight excluding hydrogens is 240 g/mol. The van der Waals surface area contributed by atoms with Crippen molar-refractivity contribution in [2.24, 2.45) is 5.41 Å². The van der Waals surface area contributed by atoms with Gasteiger partial charge in [-0.15, -0.1) is 0 Å². The molecule has 3 N–H and O–H groups in total. The smallest absolute Gasteiger partial charge is 0.330 e. The zero-order valence-corrected chi connectivity index (χ0v) is 10.5. The number of ether oxygens (including phenoxy) is 2. The van der Waals surface area contributed by atoms with Crippen molar-refractivity contribution >= 4 is 5.97 Å². The molecule has 0 radical (unpaired) electrons. The van der Waals surface area contributed by atoms with Crippen LogP contribution in [0.25, 0.3) is 0 Å². The molecule has 18 heavy (non-hydrogen) atoms. The highest BCUT2D eigenvalue weighted by Crippen LogP contribution is 2.19. The second-order valence-corrected chi connectivity index (χ2v) is 4.06. The van der Waals surface area contributed by atoms with Gasteiger partial charge in [-0.3, -0.25) is 0 Å². The maximum Gasteiger partial charge on any atom is 0.330 e. The van der Waals surface area contributed by atoms with Crippen molar-refractivity contribution in [3.05, 3.63) is 12.7 Å². The minimum absolute atomic E-state index is 0.260. The van der Waals surface area contributed by atoms with Crippen LogP contribution in [-0.2, 0) is 14.3 Å². The molecule has 0 aliphatic carbocycles. The van der Waals surface area contributed by atoms with Crippen molar-refractivity contribution in [2.45, 2.75) is 12.8 Å². The summed E-state index contributed by atoms with van der Waals surface area (Å²) in [6, 6.07) is 0. The standard InChI is InChI=1S/C12H22O6/c1-2-11(16)18-6-3-5-17-7-4-12(8-13,9-14)10-15/h2,13-15H,1,3-10H2. The molecule has 0 atom stereocenters. The molecule has 6 nitrogen and oxygen atoms in total. The van der Waals surface area contributed by atoms with Gasteiger partial charge in [0.15, 0.2) is 0 Å². The molecule has 0 fully saturated rings. The van der Waals surface area contributed by atoms with E-state index in [-0.39, 0.29) is 26.4 Å². The summed E-state index contributed by atoms with van der Waals surface area (Å²) in [6.45, 7) is 3.38. The average Bonchev–Trinajstić information content (AvgIpc) is 2.42. The van der Waals surface area contributed by atoms with E-state index in [1.165, 1.54) is 0 Å². The van der Waals surface area contributed by atoms with Gasteiger partial charge in [0.2, 0.25) is 0 Å². The quantitative estimate of drug-likeness (QED) is 0.263. The van der Waals surface area contributed by atoms with Gasteiger partial charge in [0.05, 0.1) is 26.4 Å². The largest absolute Gasteiger partial charge is 0.462 e. The minimum atomic E-state index is -0.894. The van der Waals surface area contributed by atoms with Gasteiger partial charge in [-0.05, 0) is 6.42 Å². The first-order valence-corrected chi connectivity index (χ1v) is 5.83. The van der Waals surface area contributed by atoms with E-state index in [1.54, 1.807) is 0 Å². The fourth-order valence-electron chi connectivity index (χ4n) is 1.17. The number of hydrogen-bond acceptors (Lipinski definition) is 6. The SMILES string of the molecule is C=CC(=O)OCCCOCCC(CO)(CO)CO. The zero-order valence-electron chi connectivity index (χ0n) is 10.5. The first-order valence-electron chi connectivity index (χ1n) is 5.83. The number of aliphatic hydroxyl groups excluding tert-OH is 3.